The average molecular weight is 462 g/mol. The van der Waals surface area contributed by atoms with Gasteiger partial charge in [0.25, 0.3) is 5.91 Å². The maximum atomic E-state index is 14.1. The number of hydrogen-bond donors (Lipinski definition) is 3. The fraction of sp³-hybridized carbons (Fsp3) is 0.263. The van der Waals surface area contributed by atoms with Crippen molar-refractivity contribution in [2.75, 3.05) is 18.0 Å². The lowest BCUT2D eigenvalue weighted by atomic mass is 10.0. The molecule has 1 fully saturated rings. The van der Waals surface area contributed by atoms with Gasteiger partial charge in [0, 0.05) is 29.2 Å². The van der Waals surface area contributed by atoms with Gasteiger partial charge >= 0.3 is 6.09 Å². The first-order chi connectivity index (χ1) is 13.8. The van der Waals surface area contributed by atoms with Crippen molar-refractivity contribution in [3.05, 3.63) is 45.7 Å². The van der Waals surface area contributed by atoms with Crippen LogP contribution in [-0.4, -0.2) is 41.2 Å². The summed E-state index contributed by atoms with van der Waals surface area (Å²) in [7, 11) is 0. The second-order valence-corrected chi connectivity index (χ2v) is 7.43. The molecule has 8 nitrogen and oxygen atoms in total. The highest BCUT2D eigenvalue weighted by molar-refractivity contribution is 9.10. The van der Waals surface area contributed by atoms with Gasteiger partial charge in [-0.15, -0.1) is 0 Å². The number of halogens is 2. The smallest absolute Gasteiger partial charge is 0.404 e. The Kier molecular flexibility index (Phi) is 5.98. The predicted molar refractivity (Wildman–Crippen MR) is 107 cm³/mol. The number of anilines is 1. The molecule has 0 saturated carbocycles. The van der Waals surface area contributed by atoms with Crippen LogP contribution < -0.4 is 16.0 Å². The Morgan fingerprint density at radius 1 is 1.34 bits per heavy atom. The molecule has 0 spiro atoms. The van der Waals surface area contributed by atoms with Crippen molar-refractivity contribution >= 4 is 33.7 Å². The summed E-state index contributed by atoms with van der Waals surface area (Å²) in [5.74, 6) is -0.967. The van der Waals surface area contributed by atoms with E-state index in [0.717, 1.165) is 0 Å². The lowest BCUT2D eigenvalue weighted by Crippen LogP contribution is -2.45. The molecule has 0 bridgehead atoms. The fourth-order valence-electron chi connectivity index (χ4n) is 3.27. The van der Waals surface area contributed by atoms with Crippen LogP contribution in [0.25, 0.3) is 11.3 Å². The Morgan fingerprint density at radius 2 is 2.03 bits per heavy atom. The number of nitriles is 1. The van der Waals surface area contributed by atoms with E-state index >= 15 is 0 Å². The lowest BCUT2D eigenvalue weighted by Gasteiger charge is -2.33. The Hall–Kier alpha value is -3.19. The number of carbonyl (C=O) groups is 2. The summed E-state index contributed by atoms with van der Waals surface area (Å²) < 4.78 is 14.5. The number of pyridine rings is 1. The van der Waals surface area contributed by atoms with Gasteiger partial charge in [-0.25, -0.2) is 14.2 Å². The van der Waals surface area contributed by atoms with E-state index in [1.165, 1.54) is 18.2 Å². The van der Waals surface area contributed by atoms with Crippen LogP contribution in [-0.2, 0) is 0 Å². The summed E-state index contributed by atoms with van der Waals surface area (Å²) in [6, 6.07) is 7.28. The van der Waals surface area contributed by atoms with Crippen molar-refractivity contribution in [2.24, 2.45) is 5.73 Å². The Morgan fingerprint density at radius 3 is 2.59 bits per heavy atom. The maximum Gasteiger partial charge on any atom is 0.404 e. The highest BCUT2D eigenvalue weighted by Gasteiger charge is 2.26. The van der Waals surface area contributed by atoms with Gasteiger partial charge < -0.3 is 21.1 Å². The van der Waals surface area contributed by atoms with E-state index in [-0.39, 0.29) is 17.2 Å². The van der Waals surface area contributed by atoms with Gasteiger partial charge in [0.15, 0.2) is 0 Å². The average Bonchev–Trinajstić information content (AvgIpc) is 2.68. The van der Waals surface area contributed by atoms with Crippen molar-refractivity contribution in [1.82, 2.24) is 10.3 Å². The predicted octanol–water partition coefficient (Wildman–Crippen LogP) is 2.86. The summed E-state index contributed by atoms with van der Waals surface area (Å²) in [6.07, 6.45) is 0.0137. The number of aromatic nitrogens is 1. The number of benzene rings is 1. The van der Waals surface area contributed by atoms with Gasteiger partial charge in [0.1, 0.15) is 17.7 Å². The molecular weight excluding hydrogens is 445 g/mol. The third-order valence-electron chi connectivity index (χ3n) is 4.71. The SMILES string of the molecule is N#Cc1ccc(-c2nc(N3CCC(NC(=O)O)CC3)c(C(N)=O)cc2Br)cc1F. The number of nitrogens with one attached hydrogen (secondary N) is 1. The summed E-state index contributed by atoms with van der Waals surface area (Å²) >= 11 is 3.36. The quantitative estimate of drug-likeness (QED) is 0.640. The van der Waals surface area contributed by atoms with Gasteiger partial charge in [-0.05, 0) is 47.0 Å². The molecule has 0 unspecified atom stereocenters. The minimum Gasteiger partial charge on any atom is -0.465 e. The second kappa shape index (κ2) is 8.45. The first-order valence-corrected chi connectivity index (χ1v) is 9.54. The van der Waals surface area contributed by atoms with E-state index in [0.29, 0.717) is 47.5 Å². The number of nitrogens with two attached hydrogens (primary N) is 1. The van der Waals surface area contributed by atoms with Crippen LogP contribution in [0.4, 0.5) is 15.0 Å². The van der Waals surface area contributed by atoms with Crippen molar-refractivity contribution in [3.63, 3.8) is 0 Å². The monoisotopic (exact) mass is 461 g/mol. The van der Waals surface area contributed by atoms with Gasteiger partial charge in [-0.1, -0.05) is 6.07 Å². The van der Waals surface area contributed by atoms with Crippen molar-refractivity contribution in [1.29, 1.82) is 5.26 Å². The summed E-state index contributed by atoms with van der Waals surface area (Å²) in [5, 5.41) is 20.2. The number of carboxylic acid groups (broad SMARTS) is 1. The lowest BCUT2D eigenvalue weighted by molar-refractivity contribution is 0.100. The molecule has 1 aromatic heterocycles. The van der Waals surface area contributed by atoms with Gasteiger partial charge in [0.05, 0.1) is 16.8 Å². The first-order valence-electron chi connectivity index (χ1n) is 8.75. The third-order valence-corrected chi connectivity index (χ3v) is 5.31. The van der Waals surface area contributed by atoms with E-state index in [4.69, 9.17) is 16.1 Å². The molecule has 1 aromatic carbocycles. The molecule has 0 atom stereocenters. The number of carbonyl (C=O) groups excluding carboxylic acids is 1. The zero-order chi connectivity index (χ0) is 21.1. The molecule has 3 rings (SSSR count). The maximum absolute atomic E-state index is 14.1. The number of primary amides is 1. The first kappa shape index (κ1) is 20.5. The summed E-state index contributed by atoms with van der Waals surface area (Å²) in [4.78, 5) is 29.2. The van der Waals surface area contributed by atoms with Crippen LogP contribution in [0.3, 0.4) is 0 Å². The Labute approximate surface area is 174 Å². The minimum atomic E-state index is -1.08. The Balaban J connectivity index is 1.98. The molecule has 2 aromatic rings. The van der Waals surface area contributed by atoms with E-state index in [9.17, 15) is 14.0 Å². The second-order valence-electron chi connectivity index (χ2n) is 6.57. The summed E-state index contributed by atoms with van der Waals surface area (Å²) in [5.41, 5.74) is 6.49. The van der Waals surface area contributed by atoms with Gasteiger partial charge in [0.2, 0.25) is 0 Å². The van der Waals surface area contributed by atoms with Crippen LogP contribution >= 0.6 is 15.9 Å². The summed E-state index contributed by atoms with van der Waals surface area (Å²) in [6.45, 7) is 0.946. The minimum absolute atomic E-state index is 0.0770. The molecule has 150 valence electrons. The third kappa shape index (κ3) is 4.46. The molecule has 1 saturated heterocycles. The van der Waals surface area contributed by atoms with Crippen molar-refractivity contribution in [3.8, 4) is 17.3 Å². The molecule has 29 heavy (non-hydrogen) atoms. The van der Waals surface area contributed by atoms with Gasteiger partial charge in [-0.2, -0.15) is 5.26 Å². The molecule has 2 heterocycles. The van der Waals surface area contributed by atoms with E-state index < -0.39 is 17.8 Å². The largest absolute Gasteiger partial charge is 0.465 e. The molecule has 1 aliphatic rings. The topological polar surface area (TPSA) is 132 Å². The van der Waals surface area contributed by atoms with E-state index in [2.05, 4.69) is 26.2 Å². The molecule has 1 aliphatic heterocycles. The molecule has 0 aliphatic carbocycles. The molecular formula is C19H17BrFN5O3. The molecule has 2 amide bonds. The van der Waals surface area contributed by atoms with Gasteiger partial charge in [-0.3, -0.25) is 4.79 Å². The van der Waals surface area contributed by atoms with E-state index in [1.807, 2.05) is 4.90 Å². The van der Waals surface area contributed by atoms with Crippen molar-refractivity contribution in [2.45, 2.75) is 18.9 Å². The molecule has 0 radical (unpaired) electrons. The number of nitrogens with zero attached hydrogens (tertiary/aromatic N) is 3. The fourth-order valence-corrected chi connectivity index (χ4v) is 3.81. The number of amides is 2. The van der Waals surface area contributed by atoms with E-state index in [1.54, 1.807) is 12.1 Å². The number of hydrogen-bond acceptors (Lipinski definition) is 5. The highest BCUT2D eigenvalue weighted by atomic mass is 79.9. The van der Waals surface area contributed by atoms with Crippen LogP contribution in [0.2, 0.25) is 0 Å². The van der Waals surface area contributed by atoms with Crippen LogP contribution in [0.5, 0.6) is 0 Å². The zero-order valence-electron chi connectivity index (χ0n) is 15.2. The van der Waals surface area contributed by atoms with Crippen LogP contribution in [0, 0.1) is 17.1 Å². The zero-order valence-corrected chi connectivity index (χ0v) is 16.7. The van der Waals surface area contributed by atoms with Crippen LogP contribution in [0.15, 0.2) is 28.7 Å². The van der Waals surface area contributed by atoms with Crippen LogP contribution in [0.1, 0.15) is 28.8 Å². The number of piperidine rings is 1. The normalized spacial score (nSPS) is 14.3. The molecule has 10 heteroatoms. The van der Waals surface area contributed by atoms with Crippen molar-refractivity contribution < 1.29 is 19.1 Å². The highest BCUT2D eigenvalue weighted by Crippen LogP contribution is 2.33. The Bertz CT molecular complexity index is 1020. The number of rotatable bonds is 4. The molecule has 4 N–H and O–H groups in total. The standard InChI is InChI=1S/C19H17BrFN5O3/c20-14-8-13(17(23)27)18(26-5-3-12(4-6-26)24-19(28)29)25-16(14)10-1-2-11(9-22)15(21)7-10/h1-2,7-8,12,24H,3-6H2,(H2,23,27)(H,28,29).